The average molecular weight is 244 g/mol. The first-order chi connectivity index (χ1) is 8.49. The van der Waals surface area contributed by atoms with E-state index in [1.165, 1.54) is 4.90 Å². The lowest BCUT2D eigenvalue weighted by Gasteiger charge is -2.10. The molecule has 2 heterocycles. The summed E-state index contributed by atoms with van der Waals surface area (Å²) in [5.74, 6) is -0.113. The molecule has 2 aromatic heterocycles. The molecule has 0 bridgehead atoms. The van der Waals surface area contributed by atoms with Crippen LogP contribution in [0.3, 0.4) is 0 Å². The van der Waals surface area contributed by atoms with E-state index in [1.54, 1.807) is 26.4 Å². The first-order valence-corrected chi connectivity index (χ1v) is 5.70. The van der Waals surface area contributed by atoms with Crippen LogP contribution in [0.2, 0.25) is 0 Å². The molecule has 1 amide bonds. The number of nitrogens with zero attached hydrogens (tertiary/aromatic N) is 4. The van der Waals surface area contributed by atoms with E-state index >= 15 is 0 Å². The predicted octanol–water partition coefficient (Wildman–Crippen LogP) is 1.59. The van der Waals surface area contributed by atoms with Crippen molar-refractivity contribution in [1.82, 2.24) is 19.7 Å². The predicted molar refractivity (Wildman–Crippen MR) is 68.9 cm³/mol. The molecule has 0 saturated heterocycles. The van der Waals surface area contributed by atoms with Gasteiger partial charge in [0, 0.05) is 26.0 Å². The van der Waals surface area contributed by atoms with Gasteiger partial charge in [-0.05, 0) is 32.0 Å². The fourth-order valence-electron chi connectivity index (χ4n) is 1.79. The fourth-order valence-corrected chi connectivity index (χ4v) is 1.79. The molecule has 0 spiro atoms. The number of carbonyl (C=O) groups is 1. The van der Waals surface area contributed by atoms with Crippen molar-refractivity contribution in [1.29, 1.82) is 0 Å². The summed E-state index contributed by atoms with van der Waals surface area (Å²) in [6.07, 6.45) is 1.63. The minimum absolute atomic E-state index is 0.113. The second-order valence-corrected chi connectivity index (χ2v) is 4.44. The van der Waals surface area contributed by atoms with Crippen LogP contribution in [0.1, 0.15) is 21.9 Å². The van der Waals surface area contributed by atoms with E-state index in [4.69, 9.17) is 0 Å². The Balaban J connectivity index is 2.45. The largest absolute Gasteiger partial charge is 0.343 e. The quantitative estimate of drug-likeness (QED) is 0.806. The Morgan fingerprint density at radius 3 is 2.56 bits per heavy atom. The maximum atomic E-state index is 11.9. The molecular weight excluding hydrogens is 228 g/mol. The lowest BCUT2D eigenvalue weighted by atomic mass is 10.3. The highest BCUT2D eigenvalue weighted by molar-refractivity contribution is 5.92. The molecule has 5 heteroatoms. The summed E-state index contributed by atoms with van der Waals surface area (Å²) in [5, 5.41) is 4.39. The highest BCUT2D eigenvalue weighted by atomic mass is 16.2. The SMILES string of the molecule is Cc1cc(C)n(-c2ccnc(C(=O)N(C)C)c2)n1. The molecule has 0 aromatic carbocycles. The molecular formula is C13H16N4O. The molecule has 94 valence electrons. The average Bonchev–Trinajstić information content (AvgIpc) is 2.67. The number of aryl methyl sites for hydroxylation is 2. The van der Waals surface area contributed by atoms with Crippen LogP contribution in [0.15, 0.2) is 24.4 Å². The zero-order chi connectivity index (χ0) is 13.3. The van der Waals surface area contributed by atoms with Crippen LogP contribution in [-0.4, -0.2) is 39.7 Å². The van der Waals surface area contributed by atoms with E-state index < -0.39 is 0 Å². The van der Waals surface area contributed by atoms with E-state index in [1.807, 2.05) is 30.7 Å². The van der Waals surface area contributed by atoms with Crippen molar-refractivity contribution in [3.8, 4) is 5.69 Å². The summed E-state index contributed by atoms with van der Waals surface area (Å²) in [7, 11) is 3.42. The standard InChI is InChI=1S/C13H16N4O/c1-9-7-10(2)17(15-9)11-5-6-14-12(8-11)13(18)16(3)4/h5-8H,1-4H3. The Morgan fingerprint density at radius 1 is 1.28 bits per heavy atom. The minimum atomic E-state index is -0.113. The lowest BCUT2D eigenvalue weighted by molar-refractivity contribution is 0.0822. The second kappa shape index (κ2) is 4.60. The first kappa shape index (κ1) is 12.3. The van der Waals surface area contributed by atoms with E-state index in [0.717, 1.165) is 17.1 Å². The summed E-state index contributed by atoms with van der Waals surface area (Å²) in [6, 6.07) is 5.58. The zero-order valence-electron chi connectivity index (χ0n) is 11.0. The van der Waals surface area contributed by atoms with Gasteiger partial charge >= 0.3 is 0 Å². The molecule has 2 rings (SSSR count). The Morgan fingerprint density at radius 2 is 2.00 bits per heavy atom. The molecule has 0 aliphatic rings. The van der Waals surface area contributed by atoms with Crippen LogP contribution in [0.25, 0.3) is 5.69 Å². The molecule has 0 fully saturated rings. The summed E-state index contributed by atoms with van der Waals surface area (Å²) >= 11 is 0. The van der Waals surface area contributed by atoms with Gasteiger partial charge in [0.05, 0.1) is 11.4 Å². The van der Waals surface area contributed by atoms with Crippen LogP contribution in [0.5, 0.6) is 0 Å². The van der Waals surface area contributed by atoms with Gasteiger partial charge in [0.25, 0.3) is 5.91 Å². The van der Waals surface area contributed by atoms with Crippen molar-refractivity contribution >= 4 is 5.91 Å². The second-order valence-electron chi connectivity index (χ2n) is 4.44. The molecule has 5 nitrogen and oxygen atoms in total. The van der Waals surface area contributed by atoms with Gasteiger partial charge in [-0.3, -0.25) is 9.78 Å². The number of hydrogen-bond acceptors (Lipinski definition) is 3. The molecule has 0 unspecified atom stereocenters. The summed E-state index contributed by atoms with van der Waals surface area (Å²) in [6.45, 7) is 3.92. The van der Waals surface area contributed by atoms with Crippen LogP contribution < -0.4 is 0 Å². The smallest absolute Gasteiger partial charge is 0.272 e. The number of aromatic nitrogens is 3. The van der Waals surface area contributed by atoms with Crippen LogP contribution in [0.4, 0.5) is 0 Å². The van der Waals surface area contributed by atoms with Crippen molar-refractivity contribution < 1.29 is 4.79 Å². The van der Waals surface area contributed by atoms with Gasteiger partial charge in [0.1, 0.15) is 5.69 Å². The van der Waals surface area contributed by atoms with Crippen molar-refractivity contribution in [2.45, 2.75) is 13.8 Å². The third kappa shape index (κ3) is 2.25. The Bertz CT molecular complexity index is 586. The Hall–Kier alpha value is -2.17. The van der Waals surface area contributed by atoms with Crippen LogP contribution >= 0.6 is 0 Å². The molecule has 0 radical (unpaired) electrons. The molecule has 0 atom stereocenters. The third-order valence-corrected chi connectivity index (χ3v) is 2.62. The third-order valence-electron chi connectivity index (χ3n) is 2.62. The molecule has 0 aliphatic carbocycles. The number of amides is 1. The monoisotopic (exact) mass is 244 g/mol. The van der Waals surface area contributed by atoms with Crippen molar-refractivity contribution in [2.24, 2.45) is 0 Å². The Labute approximate surface area is 106 Å². The van der Waals surface area contributed by atoms with Crippen molar-refractivity contribution in [3.63, 3.8) is 0 Å². The highest BCUT2D eigenvalue weighted by Crippen LogP contribution is 2.12. The topological polar surface area (TPSA) is 51.0 Å². The Kier molecular flexibility index (Phi) is 3.14. The number of pyridine rings is 1. The normalized spacial score (nSPS) is 10.4. The molecule has 0 aliphatic heterocycles. The van der Waals surface area contributed by atoms with Gasteiger partial charge in [-0.15, -0.1) is 0 Å². The van der Waals surface area contributed by atoms with Crippen LogP contribution in [0, 0.1) is 13.8 Å². The van der Waals surface area contributed by atoms with Crippen molar-refractivity contribution in [2.75, 3.05) is 14.1 Å². The van der Waals surface area contributed by atoms with E-state index in [0.29, 0.717) is 5.69 Å². The van der Waals surface area contributed by atoms with Crippen LogP contribution in [-0.2, 0) is 0 Å². The van der Waals surface area contributed by atoms with E-state index in [2.05, 4.69) is 10.1 Å². The van der Waals surface area contributed by atoms with E-state index in [9.17, 15) is 4.79 Å². The van der Waals surface area contributed by atoms with Gasteiger partial charge in [0.15, 0.2) is 0 Å². The molecule has 0 saturated carbocycles. The first-order valence-electron chi connectivity index (χ1n) is 5.70. The van der Waals surface area contributed by atoms with Gasteiger partial charge < -0.3 is 4.90 Å². The zero-order valence-corrected chi connectivity index (χ0v) is 11.0. The maximum Gasteiger partial charge on any atom is 0.272 e. The van der Waals surface area contributed by atoms with Gasteiger partial charge in [-0.2, -0.15) is 5.10 Å². The maximum absolute atomic E-state index is 11.9. The van der Waals surface area contributed by atoms with Gasteiger partial charge in [-0.1, -0.05) is 0 Å². The number of carbonyl (C=O) groups excluding carboxylic acids is 1. The minimum Gasteiger partial charge on any atom is -0.343 e. The molecule has 18 heavy (non-hydrogen) atoms. The number of hydrogen-bond donors (Lipinski definition) is 0. The summed E-state index contributed by atoms with van der Waals surface area (Å²) in [4.78, 5) is 17.4. The van der Waals surface area contributed by atoms with Crippen molar-refractivity contribution in [3.05, 3.63) is 41.5 Å². The summed E-state index contributed by atoms with van der Waals surface area (Å²) < 4.78 is 1.81. The highest BCUT2D eigenvalue weighted by Gasteiger charge is 2.11. The number of rotatable bonds is 2. The van der Waals surface area contributed by atoms with Gasteiger partial charge in [0.2, 0.25) is 0 Å². The molecule has 0 N–H and O–H groups in total. The van der Waals surface area contributed by atoms with Gasteiger partial charge in [-0.25, -0.2) is 4.68 Å². The van der Waals surface area contributed by atoms with E-state index in [-0.39, 0.29) is 5.91 Å². The lowest BCUT2D eigenvalue weighted by Crippen LogP contribution is -2.22. The summed E-state index contributed by atoms with van der Waals surface area (Å²) in [5.41, 5.74) is 3.25. The molecule has 2 aromatic rings. The fraction of sp³-hybridized carbons (Fsp3) is 0.308.